The molecule has 0 saturated heterocycles. The minimum atomic E-state index is -0.799. The molecule has 0 saturated carbocycles. The van der Waals surface area contributed by atoms with E-state index >= 15 is 0 Å². The van der Waals surface area contributed by atoms with Crippen LogP contribution in [0, 0.1) is 11.6 Å². The minimum absolute atomic E-state index is 0.225. The van der Waals surface area contributed by atoms with Crippen LogP contribution in [0.1, 0.15) is 36.9 Å². The Morgan fingerprint density at radius 3 is 2.35 bits per heavy atom. The molecule has 2 aromatic carbocycles. The van der Waals surface area contributed by atoms with Crippen molar-refractivity contribution in [3.63, 3.8) is 0 Å². The van der Waals surface area contributed by atoms with Gasteiger partial charge in [-0.1, -0.05) is 49.4 Å². The topological polar surface area (TPSA) is 12.0 Å². The molecule has 2 rings (SSSR count). The highest BCUT2D eigenvalue weighted by Crippen LogP contribution is 2.20. The highest BCUT2D eigenvalue weighted by Gasteiger charge is 2.14. The zero-order valence-electron chi connectivity index (χ0n) is 11.7. The first-order chi connectivity index (χ1) is 9.59. The lowest BCUT2D eigenvalue weighted by Crippen LogP contribution is -2.24. The Hall–Kier alpha value is -1.74. The fraction of sp³-hybridized carbons (Fsp3) is 0.294. The van der Waals surface area contributed by atoms with Crippen molar-refractivity contribution in [2.45, 2.75) is 25.8 Å². The summed E-state index contributed by atoms with van der Waals surface area (Å²) < 4.78 is 26.9. The van der Waals surface area contributed by atoms with Gasteiger partial charge in [-0.2, -0.15) is 0 Å². The van der Waals surface area contributed by atoms with Gasteiger partial charge in [0.2, 0.25) is 0 Å². The van der Waals surface area contributed by atoms with Crippen LogP contribution in [-0.4, -0.2) is 6.54 Å². The summed E-state index contributed by atoms with van der Waals surface area (Å²) in [6.07, 6.45) is 0. The lowest BCUT2D eigenvalue weighted by molar-refractivity contribution is 0.467. The van der Waals surface area contributed by atoms with E-state index in [9.17, 15) is 8.78 Å². The van der Waals surface area contributed by atoms with Crippen LogP contribution in [0.15, 0.2) is 48.5 Å². The quantitative estimate of drug-likeness (QED) is 0.851. The summed E-state index contributed by atoms with van der Waals surface area (Å²) in [7, 11) is 0. The molecule has 0 fully saturated rings. The van der Waals surface area contributed by atoms with Crippen LogP contribution >= 0.6 is 0 Å². The van der Waals surface area contributed by atoms with Crippen molar-refractivity contribution in [2.24, 2.45) is 0 Å². The first kappa shape index (κ1) is 14.7. The van der Waals surface area contributed by atoms with Crippen LogP contribution in [0.2, 0.25) is 0 Å². The molecular weight excluding hydrogens is 256 g/mol. The van der Waals surface area contributed by atoms with Gasteiger partial charge in [0.15, 0.2) is 11.6 Å². The maximum absolute atomic E-state index is 13.7. The molecule has 1 N–H and O–H groups in total. The third-order valence-corrected chi connectivity index (χ3v) is 3.55. The predicted molar refractivity (Wildman–Crippen MR) is 77.6 cm³/mol. The molecule has 0 aliphatic rings. The van der Waals surface area contributed by atoms with E-state index in [0.29, 0.717) is 18.0 Å². The first-order valence-electron chi connectivity index (χ1n) is 6.82. The summed E-state index contributed by atoms with van der Waals surface area (Å²) in [5, 5.41) is 3.26. The maximum Gasteiger partial charge on any atom is 0.163 e. The molecule has 0 bridgehead atoms. The molecule has 0 aliphatic heterocycles. The zero-order valence-corrected chi connectivity index (χ0v) is 11.7. The minimum Gasteiger partial charge on any atom is -0.309 e. The van der Waals surface area contributed by atoms with Crippen molar-refractivity contribution in [3.8, 4) is 0 Å². The normalized spacial score (nSPS) is 14.0. The molecular formula is C17H19F2N. The van der Waals surface area contributed by atoms with E-state index in [0.717, 1.165) is 6.07 Å². The van der Waals surface area contributed by atoms with Crippen LogP contribution < -0.4 is 5.32 Å². The van der Waals surface area contributed by atoms with E-state index in [-0.39, 0.29) is 6.04 Å². The fourth-order valence-corrected chi connectivity index (χ4v) is 2.22. The Morgan fingerprint density at radius 2 is 1.65 bits per heavy atom. The second kappa shape index (κ2) is 6.62. The van der Waals surface area contributed by atoms with Crippen LogP contribution in [-0.2, 0) is 0 Å². The Kier molecular flexibility index (Phi) is 4.85. The van der Waals surface area contributed by atoms with Gasteiger partial charge in [0.25, 0.3) is 0 Å². The van der Waals surface area contributed by atoms with E-state index in [1.807, 2.05) is 25.1 Å². The van der Waals surface area contributed by atoms with E-state index in [4.69, 9.17) is 0 Å². The van der Waals surface area contributed by atoms with Gasteiger partial charge in [0, 0.05) is 18.2 Å². The van der Waals surface area contributed by atoms with Crippen LogP contribution in [0.25, 0.3) is 0 Å². The van der Waals surface area contributed by atoms with Gasteiger partial charge in [-0.15, -0.1) is 0 Å². The first-order valence-corrected chi connectivity index (χ1v) is 6.82. The van der Waals surface area contributed by atoms with E-state index in [1.165, 1.54) is 11.6 Å². The monoisotopic (exact) mass is 275 g/mol. The highest BCUT2D eigenvalue weighted by molar-refractivity contribution is 5.23. The third-order valence-electron chi connectivity index (χ3n) is 3.55. The predicted octanol–water partition coefficient (Wildman–Crippen LogP) is 4.42. The largest absolute Gasteiger partial charge is 0.309 e. The summed E-state index contributed by atoms with van der Waals surface area (Å²) in [5.41, 5.74) is 1.59. The number of nitrogens with one attached hydrogen (secondary N) is 1. The fourth-order valence-electron chi connectivity index (χ4n) is 2.22. The molecule has 1 nitrogen and oxygen atoms in total. The lowest BCUT2D eigenvalue weighted by atomic mass is 10.0. The van der Waals surface area contributed by atoms with E-state index < -0.39 is 11.6 Å². The summed E-state index contributed by atoms with van der Waals surface area (Å²) in [6, 6.07) is 14.2. The van der Waals surface area contributed by atoms with Crippen LogP contribution in [0.4, 0.5) is 8.78 Å². The molecule has 2 atom stereocenters. The number of benzene rings is 2. The number of rotatable bonds is 5. The summed E-state index contributed by atoms with van der Waals surface area (Å²) in [6.45, 7) is 4.66. The molecule has 0 heterocycles. The molecule has 3 heteroatoms. The number of hydrogen-bond acceptors (Lipinski definition) is 1. The van der Waals surface area contributed by atoms with Crippen molar-refractivity contribution in [2.75, 3.05) is 6.54 Å². The molecule has 2 aromatic rings. The standard InChI is InChI=1S/C17H19F2N/c1-12(14-7-4-3-5-8-14)11-20-13(2)15-9-6-10-16(18)17(15)19/h3-10,12-13,20H,11H2,1-2H3. The van der Waals surface area contributed by atoms with Gasteiger partial charge in [0.05, 0.1) is 0 Å². The molecule has 0 amide bonds. The Morgan fingerprint density at radius 1 is 0.950 bits per heavy atom. The third kappa shape index (κ3) is 3.42. The van der Waals surface area contributed by atoms with Gasteiger partial charge in [-0.25, -0.2) is 8.78 Å². The second-order valence-electron chi connectivity index (χ2n) is 5.08. The Labute approximate surface area is 118 Å². The highest BCUT2D eigenvalue weighted by atomic mass is 19.2. The molecule has 2 unspecified atom stereocenters. The summed E-state index contributed by atoms with van der Waals surface area (Å²) in [4.78, 5) is 0. The number of hydrogen-bond donors (Lipinski definition) is 1. The van der Waals surface area contributed by atoms with E-state index in [1.54, 1.807) is 6.07 Å². The van der Waals surface area contributed by atoms with Crippen molar-refractivity contribution in [3.05, 3.63) is 71.3 Å². The molecule has 0 aliphatic carbocycles. The van der Waals surface area contributed by atoms with Gasteiger partial charge in [0.1, 0.15) is 0 Å². The number of halogens is 2. The summed E-state index contributed by atoms with van der Waals surface area (Å²) >= 11 is 0. The SMILES string of the molecule is CC(CNC(C)c1cccc(F)c1F)c1ccccc1. The van der Waals surface area contributed by atoms with Gasteiger partial charge >= 0.3 is 0 Å². The smallest absolute Gasteiger partial charge is 0.163 e. The maximum atomic E-state index is 13.7. The molecule has 0 radical (unpaired) electrons. The Bertz CT molecular complexity index is 554. The Balaban J connectivity index is 1.99. The molecule has 20 heavy (non-hydrogen) atoms. The molecule has 0 aromatic heterocycles. The summed E-state index contributed by atoms with van der Waals surface area (Å²) in [5.74, 6) is -1.25. The molecule has 0 spiro atoms. The molecule has 106 valence electrons. The van der Waals surface area contributed by atoms with Gasteiger partial charge < -0.3 is 5.32 Å². The van der Waals surface area contributed by atoms with Crippen molar-refractivity contribution in [1.82, 2.24) is 5.32 Å². The van der Waals surface area contributed by atoms with Crippen molar-refractivity contribution >= 4 is 0 Å². The van der Waals surface area contributed by atoms with Gasteiger partial charge in [-0.3, -0.25) is 0 Å². The lowest BCUT2D eigenvalue weighted by Gasteiger charge is -2.19. The zero-order chi connectivity index (χ0) is 14.5. The van der Waals surface area contributed by atoms with Crippen LogP contribution in [0.5, 0.6) is 0 Å². The van der Waals surface area contributed by atoms with Crippen molar-refractivity contribution < 1.29 is 8.78 Å². The second-order valence-corrected chi connectivity index (χ2v) is 5.08. The van der Waals surface area contributed by atoms with Crippen molar-refractivity contribution in [1.29, 1.82) is 0 Å². The van der Waals surface area contributed by atoms with E-state index in [2.05, 4.69) is 24.4 Å². The average Bonchev–Trinajstić information content (AvgIpc) is 2.48. The van der Waals surface area contributed by atoms with Gasteiger partial charge in [-0.05, 0) is 24.5 Å². The average molecular weight is 275 g/mol. The van der Waals surface area contributed by atoms with Crippen LogP contribution in [0.3, 0.4) is 0 Å².